The SMILES string of the molecule is Cn1cnc(S(=O)(=O)N2CCC(c3nc(C4Cc5ccccc5N4)c4c(N)nccn34)CC2)c1. The Morgan fingerprint density at radius 1 is 1.15 bits per heavy atom. The van der Waals surface area contributed by atoms with Crippen molar-refractivity contribution in [1.82, 2.24) is 28.2 Å². The van der Waals surface area contributed by atoms with Crippen molar-refractivity contribution in [2.45, 2.75) is 36.2 Å². The largest absolute Gasteiger partial charge is 0.382 e. The highest BCUT2D eigenvalue weighted by Gasteiger charge is 2.34. The Bertz CT molecular complexity index is 1460. The summed E-state index contributed by atoms with van der Waals surface area (Å²) < 4.78 is 31.2. The molecule has 0 radical (unpaired) electrons. The van der Waals surface area contributed by atoms with Crippen LogP contribution in [0.4, 0.5) is 11.5 Å². The lowest BCUT2D eigenvalue weighted by Crippen LogP contribution is -2.38. The molecule has 1 unspecified atom stereocenters. The highest BCUT2D eigenvalue weighted by Crippen LogP contribution is 2.38. The van der Waals surface area contributed by atoms with Crippen LogP contribution in [0, 0.1) is 0 Å². The molecular weight excluding hydrogens is 452 g/mol. The number of benzene rings is 1. The van der Waals surface area contributed by atoms with Crippen LogP contribution in [-0.4, -0.2) is 49.7 Å². The lowest BCUT2D eigenvalue weighted by atomic mass is 9.97. The normalized spacial score (nSPS) is 19.4. The van der Waals surface area contributed by atoms with E-state index >= 15 is 0 Å². The van der Waals surface area contributed by atoms with Crippen molar-refractivity contribution in [3.05, 3.63) is 66.3 Å². The predicted molar refractivity (Wildman–Crippen MR) is 128 cm³/mol. The van der Waals surface area contributed by atoms with Crippen LogP contribution in [0.25, 0.3) is 5.52 Å². The smallest absolute Gasteiger partial charge is 0.262 e. The average Bonchev–Trinajstić information content (AvgIpc) is 3.56. The number of imidazole rings is 2. The minimum absolute atomic E-state index is 0.0114. The zero-order valence-corrected chi connectivity index (χ0v) is 19.6. The fourth-order valence-corrected chi connectivity index (χ4v) is 6.55. The van der Waals surface area contributed by atoms with E-state index in [0.29, 0.717) is 31.7 Å². The second-order valence-corrected chi connectivity index (χ2v) is 10.9. The minimum atomic E-state index is -3.60. The highest BCUT2D eigenvalue weighted by atomic mass is 32.2. The second-order valence-electron chi connectivity index (χ2n) is 9.00. The van der Waals surface area contributed by atoms with Gasteiger partial charge in [0, 0.05) is 56.8 Å². The molecule has 0 aliphatic carbocycles. The molecule has 6 rings (SSSR count). The summed E-state index contributed by atoms with van der Waals surface area (Å²) in [6.07, 6.45) is 8.81. The molecule has 2 aliphatic heterocycles. The summed E-state index contributed by atoms with van der Waals surface area (Å²) in [5.41, 5.74) is 10.4. The Balaban J connectivity index is 1.29. The van der Waals surface area contributed by atoms with Crippen LogP contribution in [-0.2, 0) is 23.5 Å². The molecule has 0 saturated carbocycles. The molecule has 2 aliphatic rings. The molecular formula is C23H26N8O2S. The van der Waals surface area contributed by atoms with Crippen molar-refractivity contribution in [3.8, 4) is 0 Å². The van der Waals surface area contributed by atoms with E-state index in [1.807, 2.05) is 22.7 Å². The van der Waals surface area contributed by atoms with Crippen molar-refractivity contribution in [1.29, 1.82) is 0 Å². The minimum Gasteiger partial charge on any atom is -0.382 e. The molecule has 0 amide bonds. The van der Waals surface area contributed by atoms with Gasteiger partial charge in [-0.3, -0.25) is 4.40 Å². The third-order valence-corrected chi connectivity index (χ3v) is 8.63. The lowest BCUT2D eigenvalue weighted by Gasteiger charge is -2.30. The second kappa shape index (κ2) is 7.81. The van der Waals surface area contributed by atoms with Gasteiger partial charge in [-0.1, -0.05) is 18.2 Å². The van der Waals surface area contributed by atoms with E-state index in [0.717, 1.165) is 29.1 Å². The summed E-state index contributed by atoms with van der Waals surface area (Å²) in [5.74, 6) is 1.47. The van der Waals surface area contributed by atoms with Crippen molar-refractivity contribution >= 4 is 27.0 Å². The number of aryl methyl sites for hydroxylation is 1. The van der Waals surface area contributed by atoms with Gasteiger partial charge in [-0.25, -0.2) is 23.4 Å². The number of nitrogen functional groups attached to an aromatic ring is 1. The van der Waals surface area contributed by atoms with Gasteiger partial charge in [-0.05, 0) is 24.5 Å². The number of nitrogens with one attached hydrogen (secondary N) is 1. The van der Waals surface area contributed by atoms with Gasteiger partial charge in [0.05, 0.1) is 18.1 Å². The molecule has 3 aromatic heterocycles. The first kappa shape index (κ1) is 21.1. The standard InChI is InChI=1S/C23H26N8O2S/c1-29-13-19(26-14-29)34(32,33)30-9-6-15(7-10-30)23-28-20(21-22(24)25-8-11-31(21)23)18-12-16-4-2-3-5-17(16)27-18/h2-5,8,11,13-15,18,27H,6-7,9-10,12H2,1H3,(H2,24,25). The fourth-order valence-electron chi connectivity index (χ4n) is 5.12. The fraction of sp³-hybridized carbons (Fsp3) is 0.348. The Morgan fingerprint density at radius 3 is 2.68 bits per heavy atom. The number of aromatic nitrogens is 5. The van der Waals surface area contributed by atoms with Gasteiger partial charge in [0.15, 0.2) is 5.03 Å². The van der Waals surface area contributed by atoms with Gasteiger partial charge in [0.2, 0.25) is 0 Å². The zero-order chi connectivity index (χ0) is 23.4. The number of rotatable bonds is 4. The molecule has 34 heavy (non-hydrogen) atoms. The van der Waals surface area contributed by atoms with Crippen molar-refractivity contribution in [3.63, 3.8) is 0 Å². The maximum Gasteiger partial charge on any atom is 0.262 e. The van der Waals surface area contributed by atoms with Crippen LogP contribution in [0.1, 0.15) is 41.9 Å². The Hall–Kier alpha value is -3.44. The molecule has 1 atom stereocenters. The monoisotopic (exact) mass is 478 g/mol. The van der Waals surface area contributed by atoms with Crippen LogP contribution >= 0.6 is 0 Å². The summed E-state index contributed by atoms with van der Waals surface area (Å²) >= 11 is 0. The van der Waals surface area contributed by atoms with E-state index in [1.54, 1.807) is 17.8 Å². The molecule has 176 valence electrons. The summed E-state index contributed by atoms with van der Waals surface area (Å²) in [6, 6.07) is 8.28. The number of hydrogen-bond acceptors (Lipinski definition) is 7. The van der Waals surface area contributed by atoms with Gasteiger partial charge >= 0.3 is 0 Å². The molecule has 11 heteroatoms. The first-order valence-corrected chi connectivity index (χ1v) is 12.8. The molecule has 3 N–H and O–H groups in total. The summed E-state index contributed by atoms with van der Waals surface area (Å²) in [6.45, 7) is 0.836. The lowest BCUT2D eigenvalue weighted by molar-refractivity contribution is 0.312. The first-order chi connectivity index (χ1) is 16.4. The Kier molecular flexibility index (Phi) is 4.85. The van der Waals surface area contributed by atoms with E-state index < -0.39 is 10.0 Å². The first-order valence-electron chi connectivity index (χ1n) is 11.4. The average molecular weight is 479 g/mol. The molecule has 1 saturated heterocycles. The molecule has 0 spiro atoms. The molecule has 10 nitrogen and oxygen atoms in total. The van der Waals surface area contributed by atoms with Crippen LogP contribution < -0.4 is 11.1 Å². The van der Waals surface area contributed by atoms with Crippen molar-refractivity contribution < 1.29 is 8.42 Å². The topological polar surface area (TPSA) is 123 Å². The molecule has 5 heterocycles. The number of anilines is 2. The van der Waals surface area contributed by atoms with Gasteiger partial charge in [-0.15, -0.1) is 0 Å². The molecule has 1 fully saturated rings. The number of piperidine rings is 1. The Morgan fingerprint density at radius 2 is 1.94 bits per heavy atom. The van der Waals surface area contributed by atoms with Gasteiger partial charge in [0.25, 0.3) is 10.0 Å². The number of sulfonamides is 1. The Labute approximate surface area is 197 Å². The van der Waals surface area contributed by atoms with Crippen LogP contribution in [0.3, 0.4) is 0 Å². The van der Waals surface area contributed by atoms with Crippen LogP contribution in [0.5, 0.6) is 0 Å². The van der Waals surface area contributed by atoms with E-state index in [2.05, 4.69) is 27.4 Å². The highest BCUT2D eigenvalue weighted by molar-refractivity contribution is 7.89. The quantitative estimate of drug-likeness (QED) is 0.461. The summed E-state index contributed by atoms with van der Waals surface area (Å²) in [7, 11) is -1.84. The van der Waals surface area contributed by atoms with Crippen LogP contribution in [0.2, 0.25) is 0 Å². The van der Waals surface area contributed by atoms with Crippen molar-refractivity contribution in [2.75, 3.05) is 24.1 Å². The molecule has 1 aromatic carbocycles. The van der Waals surface area contributed by atoms with E-state index in [-0.39, 0.29) is 17.0 Å². The number of para-hydroxylation sites is 1. The maximum atomic E-state index is 13.0. The van der Waals surface area contributed by atoms with Crippen molar-refractivity contribution in [2.24, 2.45) is 7.05 Å². The van der Waals surface area contributed by atoms with Gasteiger partial charge in [-0.2, -0.15) is 4.31 Å². The van der Waals surface area contributed by atoms with Gasteiger partial charge in [0.1, 0.15) is 17.2 Å². The van der Waals surface area contributed by atoms with E-state index in [9.17, 15) is 8.42 Å². The summed E-state index contributed by atoms with van der Waals surface area (Å²) in [5, 5.41) is 3.67. The number of fused-ring (bicyclic) bond motifs is 2. The van der Waals surface area contributed by atoms with E-state index in [4.69, 9.17) is 10.7 Å². The number of hydrogen-bond donors (Lipinski definition) is 2. The van der Waals surface area contributed by atoms with Gasteiger partial charge < -0.3 is 15.6 Å². The molecule has 4 aromatic rings. The number of nitrogens with zero attached hydrogens (tertiary/aromatic N) is 6. The third-order valence-electron chi connectivity index (χ3n) is 6.84. The van der Waals surface area contributed by atoms with Crippen LogP contribution in [0.15, 0.2) is 54.2 Å². The molecule has 0 bridgehead atoms. The number of nitrogens with two attached hydrogens (primary N) is 1. The maximum absolute atomic E-state index is 13.0. The zero-order valence-electron chi connectivity index (χ0n) is 18.8. The third kappa shape index (κ3) is 3.34. The predicted octanol–water partition coefficient (Wildman–Crippen LogP) is 2.32. The van der Waals surface area contributed by atoms with E-state index in [1.165, 1.54) is 22.4 Å². The summed E-state index contributed by atoms with van der Waals surface area (Å²) in [4.78, 5) is 13.4.